The Morgan fingerprint density at radius 2 is 2.32 bits per heavy atom. The maximum Gasteiger partial charge on any atom is 0.269 e. The third kappa shape index (κ3) is 3.56. The summed E-state index contributed by atoms with van der Waals surface area (Å²) < 4.78 is 1.79. The molecule has 106 valence electrons. The first-order valence-corrected chi connectivity index (χ1v) is 7.32. The minimum atomic E-state index is 0.0148. The lowest BCUT2D eigenvalue weighted by molar-refractivity contribution is 0.0923. The Morgan fingerprint density at radius 1 is 1.47 bits per heavy atom. The van der Waals surface area contributed by atoms with Gasteiger partial charge in [-0.15, -0.1) is 0 Å². The van der Waals surface area contributed by atoms with Crippen molar-refractivity contribution < 1.29 is 4.79 Å². The second-order valence-corrected chi connectivity index (χ2v) is 5.04. The molecule has 0 aliphatic carbocycles. The van der Waals surface area contributed by atoms with E-state index in [-0.39, 0.29) is 11.9 Å². The number of hydrogen-bond donors (Lipinski definition) is 2. The fourth-order valence-corrected chi connectivity index (χ4v) is 2.49. The zero-order valence-electron chi connectivity index (χ0n) is 11.9. The highest BCUT2D eigenvalue weighted by molar-refractivity contribution is 5.92. The van der Waals surface area contributed by atoms with Crippen molar-refractivity contribution in [2.75, 3.05) is 13.1 Å². The fraction of sp³-hybridized carbons (Fsp3) is 0.714. The Labute approximate surface area is 114 Å². The summed E-state index contributed by atoms with van der Waals surface area (Å²) in [6.45, 7) is 6.84. The van der Waals surface area contributed by atoms with Gasteiger partial charge < -0.3 is 10.6 Å². The van der Waals surface area contributed by atoms with E-state index in [1.807, 2.05) is 13.0 Å². The van der Waals surface area contributed by atoms with Gasteiger partial charge in [-0.3, -0.25) is 9.48 Å². The molecule has 1 aromatic rings. The fourth-order valence-electron chi connectivity index (χ4n) is 2.49. The van der Waals surface area contributed by atoms with Crippen LogP contribution >= 0.6 is 0 Å². The minimum absolute atomic E-state index is 0.0148. The van der Waals surface area contributed by atoms with Crippen molar-refractivity contribution in [1.82, 2.24) is 20.4 Å². The molecular formula is C14H24N4O. The third-order valence-electron chi connectivity index (χ3n) is 3.64. The molecule has 1 fully saturated rings. The SMILES string of the molecule is CCc1cc(C(=O)NC2CCCNCC2)n(CC)n1. The van der Waals surface area contributed by atoms with E-state index in [1.165, 1.54) is 0 Å². The van der Waals surface area contributed by atoms with E-state index in [4.69, 9.17) is 0 Å². The lowest BCUT2D eigenvalue weighted by Crippen LogP contribution is -2.36. The average molecular weight is 264 g/mol. The van der Waals surface area contributed by atoms with Crippen molar-refractivity contribution in [3.05, 3.63) is 17.5 Å². The zero-order valence-corrected chi connectivity index (χ0v) is 11.9. The van der Waals surface area contributed by atoms with E-state index in [9.17, 15) is 4.79 Å². The molecule has 1 aliphatic rings. The van der Waals surface area contributed by atoms with Gasteiger partial charge in [-0.05, 0) is 51.8 Å². The van der Waals surface area contributed by atoms with E-state index in [2.05, 4.69) is 22.7 Å². The van der Waals surface area contributed by atoms with Crippen LogP contribution in [0.1, 0.15) is 49.3 Å². The van der Waals surface area contributed by atoms with Crippen LogP contribution in [0.25, 0.3) is 0 Å². The van der Waals surface area contributed by atoms with Crippen molar-refractivity contribution in [3.63, 3.8) is 0 Å². The molecule has 0 radical (unpaired) electrons. The molecule has 5 heteroatoms. The van der Waals surface area contributed by atoms with Gasteiger partial charge in [0, 0.05) is 12.6 Å². The molecule has 1 aromatic heterocycles. The summed E-state index contributed by atoms with van der Waals surface area (Å²) in [6, 6.07) is 2.20. The Bertz CT molecular complexity index is 419. The first-order valence-electron chi connectivity index (χ1n) is 7.32. The van der Waals surface area contributed by atoms with Gasteiger partial charge in [-0.2, -0.15) is 5.10 Å². The number of rotatable bonds is 4. The Balaban J connectivity index is 2.03. The smallest absolute Gasteiger partial charge is 0.269 e. The number of hydrogen-bond acceptors (Lipinski definition) is 3. The van der Waals surface area contributed by atoms with Crippen molar-refractivity contribution in [2.24, 2.45) is 0 Å². The molecule has 1 unspecified atom stereocenters. The van der Waals surface area contributed by atoms with Crippen LogP contribution in [-0.4, -0.2) is 34.8 Å². The van der Waals surface area contributed by atoms with Gasteiger partial charge in [0.05, 0.1) is 5.69 Å². The van der Waals surface area contributed by atoms with Crippen molar-refractivity contribution in [1.29, 1.82) is 0 Å². The number of nitrogens with one attached hydrogen (secondary N) is 2. The molecule has 0 spiro atoms. The standard InChI is InChI=1S/C14H24N4O/c1-3-11-10-13(18(4-2)17-11)14(19)16-12-6-5-8-15-9-7-12/h10,12,15H,3-9H2,1-2H3,(H,16,19). The van der Waals surface area contributed by atoms with Crippen LogP contribution < -0.4 is 10.6 Å². The van der Waals surface area contributed by atoms with Crippen LogP contribution in [-0.2, 0) is 13.0 Å². The van der Waals surface area contributed by atoms with Crippen LogP contribution in [0.2, 0.25) is 0 Å². The van der Waals surface area contributed by atoms with Crippen LogP contribution in [0, 0.1) is 0 Å². The maximum absolute atomic E-state index is 12.3. The molecule has 2 heterocycles. The third-order valence-corrected chi connectivity index (χ3v) is 3.64. The summed E-state index contributed by atoms with van der Waals surface area (Å²) >= 11 is 0. The molecule has 0 saturated carbocycles. The van der Waals surface area contributed by atoms with Gasteiger partial charge in [-0.25, -0.2) is 0 Å². The van der Waals surface area contributed by atoms with Gasteiger partial charge >= 0.3 is 0 Å². The number of aryl methyl sites for hydroxylation is 2. The van der Waals surface area contributed by atoms with Crippen molar-refractivity contribution in [3.8, 4) is 0 Å². The predicted molar refractivity (Wildman–Crippen MR) is 75.3 cm³/mol. The lowest BCUT2D eigenvalue weighted by Gasteiger charge is -2.16. The number of aromatic nitrogens is 2. The lowest BCUT2D eigenvalue weighted by atomic mass is 10.1. The summed E-state index contributed by atoms with van der Waals surface area (Å²) in [6.07, 6.45) is 4.05. The van der Waals surface area contributed by atoms with E-state index < -0.39 is 0 Å². The molecule has 1 saturated heterocycles. The van der Waals surface area contributed by atoms with Crippen molar-refractivity contribution in [2.45, 2.75) is 52.1 Å². The van der Waals surface area contributed by atoms with Gasteiger partial charge in [0.15, 0.2) is 0 Å². The Morgan fingerprint density at radius 3 is 3.05 bits per heavy atom. The van der Waals surface area contributed by atoms with Gasteiger partial charge in [0.25, 0.3) is 5.91 Å². The molecule has 0 bridgehead atoms. The zero-order chi connectivity index (χ0) is 13.7. The van der Waals surface area contributed by atoms with Crippen molar-refractivity contribution >= 4 is 5.91 Å². The van der Waals surface area contributed by atoms with Gasteiger partial charge in [-0.1, -0.05) is 6.92 Å². The van der Waals surface area contributed by atoms with Crippen LogP contribution in [0.3, 0.4) is 0 Å². The highest BCUT2D eigenvalue weighted by Gasteiger charge is 2.19. The highest BCUT2D eigenvalue weighted by Crippen LogP contribution is 2.09. The molecule has 1 aliphatic heterocycles. The summed E-state index contributed by atoms with van der Waals surface area (Å²) in [4.78, 5) is 12.3. The van der Waals surface area contributed by atoms with Crippen LogP contribution in [0.15, 0.2) is 6.07 Å². The van der Waals surface area contributed by atoms with E-state index in [0.717, 1.165) is 51.0 Å². The van der Waals surface area contributed by atoms with Crippen LogP contribution in [0.4, 0.5) is 0 Å². The molecule has 0 aromatic carbocycles. The molecule has 2 rings (SSSR count). The molecule has 1 atom stereocenters. The van der Waals surface area contributed by atoms with E-state index in [0.29, 0.717) is 5.69 Å². The number of carbonyl (C=O) groups excluding carboxylic acids is 1. The largest absolute Gasteiger partial charge is 0.348 e. The molecule has 1 amide bonds. The minimum Gasteiger partial charge on any atom is -0.348 e. The van der Waals surface area contributed by atoms with E-state index in [1.54, 1.807) is 4.68 Å². The second-order valence-electron chi connectivity index (χ2n) is 5.04. The molecule has 2 N–H and O–H groups in total. The first-order chi connectivity index (χ1) is 9.24. The topological polar surface area (TPSA) is 59.0 Å². The summed E-state index contributed by atoms with van der Waals surface area (Å²) in [5.41, 5.74) is 1.67. The highest BCUT2D eigenvalue weighted by atomic mass is 16.2. The average Bonchev–Trinajstić information content (AvgIpc) is 2.69. The predicted octanol–water partition coefficient (Wildman–Crippen LogP) is 1.34. The summed E-state index contributed by atoms with van der Waals surface area (Å²) in [5.74, 6) is 0.0148. The summed E-state index contributed by atoms with van der Waals surface area (Å²) in [5, 5.41) is 10.9. The number of amides is 1. The molecular weight excluding hydrogens is 240 g/mol. The Hall–Kier alpha value is -1.36. The van der Waals surface area contributed by atoms with Gasteiger partial charge in [0.2, 0.25) is 0 Å². The summed E-state index contributed by atoms with van der Waals surface area (Å²) in [7, 11) is 0. The van der Waals surface area contributed by atoms with Gasteiger partial charge in [0.1, 0.15) is 5.69 Å². The monoisotopic (exact) mass is 264 g/mol. The molecule has 19 heavy (non-hydrogen) atoms. The Kier molecular flexibility index (Phi) is 4.96. The van der Waals surface area contributed by atoms with E-state index >= 15 is 0 Å². The number of carbonyl (C=O) groups is 1. The maximum atomic E-state index is 12.3. The normalized spacial score (nSPS) is 20.0. The first kappa shape index (κ1) is 14.1. The number of nitrogens with zero attached hydrogens (tertiary/aromatic N) is 2. The second kappa shape index (κ2) is 6.70. The van der Waals surface area contributed by atoms with Crippen LogP contribution in [0.5, 0.6) is 0 Å². The molecule has 5 nitrogen and oxygen atoms in total. The quantitative estimate of drug-likeness (QED) is 0.862.